The number of thiophene rings is 1. The van der Waals surface area contributed by atoms with Gasteiger partial charge in [-0.1, -0.05) is 29.8 Å². The maximum absolute atomic E-state index is 6.07. The van der Waals surface area contributed by atoms with Gasteiger partial charge in [0, 0.05) is 16.4 Å². The van der Waals surface area contributed by atoms with Gasteiger partial charge in [-0.25, -0.2) is 0 Å². The van der Waals surface area contributed by atoms with Crippen molar-refractivity contribution in [2.24, 2.45) is 0 Å². The van der Waals surface area contributed by atoms with Gasteiger partial charge < -0.3 is 5.32 Å². The molecule has 1 atom stereocenters. The van der Waals surface area contributed by atoms with Crippen molar-refractivity contribution in [1.29, 1.82) is 0 Å². The van der Waals surface area contributed by atoms with Gasteiger partial charge in [0.1, 0.15) is 0 Å². The van der Waals surface area contributed by atoms with Crippen molar-refractivity contribution in [2.75, 3.05) is 13.6 Å². The summed E-state index contributed by atoms with van der Waals surface area (Å²) in [7, 11) is 2.00. The largest absolute Gasteiger partial charge is 0.319 e. The van der Waals surface area contributed by atoms with Crippen molar-refractivity contribution in [3.8, 4) is 0 Å². The normalized spacial score (nSPS) is 12.6. The number of likely N-dealkylation sites (N-methyl/N-ethyl adjacent to an activating group) is 1. The molecule has 0 amide bonds. The third-order valence-corrected chi connectivity index (χ3v) is 4.26. The van der Waals surface area contributed by atoms with Crippen molar-refractivity contribution in [1.82, 2.24) is 5.32 Å². The van der Waals surface area contributed by atoms with Crippen LogP contribution in [0.3, 0.4) is 0 Å². The van der Waals surface area contributed by atoms with Crippen molar-refractivity contribution in [3.05, 3.63) is 57.2 Å². The molecule has 96 valence electrons. The van der Waals surface area contributed by atoms with Crippen LogP contribution in [0, 0.1) is 0 Å². The molecule has 1 aromatic carbocycles. The van der Waals surface area contributed by atoms with E-state index in [0.717, 1.165) is 24.4 Å². The van der Waals surface area contributed by atoms with Gasteiger partial charge in [0.05, 0.1) is 0 Å². The van der Waals surface area contributed by atoms with Gasteiger partial charge in [-0.2, -0.15) is 0 Å². The Hall–Kier alpha value is -0.830. The zero-order valence-corrected chi connectivity index (χ0v) is 12.1. The summed E-state index contributed by atoms with van der Waals surface area (Å²) in [4.78, 5) is 1.46. The van der Waals surface area contributed by atoms with Gasteiger partial charge in [-0.3, -0.25) is 0 Å². The van der Waals surface area contributed by atoms with Crippen LogP contribution in [0.15, 0.2) is 41.8 Å². The maximum Gasteiger partial charge on any atom is 0.0408 e. The first-order valence-corrected chi connectivity index (χ1v) is 7.48. The van der Waals surface area contributed by atoms with Crippen LogP contribution in [0.5, 0.6) is 0 Å². The highest BCUT2D eigenvalue weighted by Gasteiger charge is 2.11. The van der Waals surface area contributed by atoms with Gasteiger partial charge in [0.25, 0.3) is 0 Å². The van der Waals surface area contributed by atoms with E-state index in [0.29, 0.717) is 5.92 Å². The highest BCUT2D eigenvalue weighted by Crippen LogP contribution is 2.24. The first kappa shape index (κ1) is 13.6. The van der Waals surface area contributed by atoms with Crippen LogP contribution in [-0.2, 0) is 6.42 Å². The summed E-state index contributed by atoms with van der Waals surface area (Å²) in [6.45, 7) is 0.992. The predicted molar refractivity (Wildman–Crippen MR) is 80.8 cm³/mol. The lowest BCUT2D eigenvalue weighted by atomic mass is 9.94. The second kappa shape index (κ2) is 6.93. The molecule has 1 unspecified atom stereocenters. The molecule has 0 aliphatic heterocycles. The van der Waals surface area contributed by atoms with E-state index in [2.05, 4.69) is 35.0 Å². The fraction of sp³-hybridized carbons (Fsp3) is 0.333. The quantitative estimate of drug-likeness (QED) is 0.830. The predicted octanol–water partition coefficient (Wildman–Crippen LogP) is 4.34. The molecule has 0 radical (unpaired) electrons. The molecule has 1 nitrogen and oxygen atoms in total. The minimum atomic E-state index is 0.524. The molecule has 18 heavy (non-hydrogen) atoms. The third kappa shape index (κ3) is 3.84. The summed E-state index contributed by atoms with van der Waals surface area (Å²) >= 11 is 7.91. The van der Waals surface area contributed by atoms with Gasteiger partial charge in [0.15, 0.2) is 0 Å². The summed E-state index contributed by atoms with van der Waals surface area (Å²) in [6.07, 6.45) is 2.29. The lowest BCUT2D eigenvalue weighted by Crippen LogP contribution is -2.17. The average molecular weight is 280 g/mol. The van der Waals surface area contributed by atoms with Crippen molar-refractivity contribution < 1.29 is 0 Å². The minimum Gasteiger partial charge on any atom is -0.319 e. The number of nitrogens with one attached hydrogen (secondary N) is 1. The number of hydrogen-bond donors (Lipinski definition) is 1. The standard InChI is InChI=1S/C15H18ClNS/c1-17-11-13(7-8-15-6-3-9-18-15)12-4-2-5-14(16)10-12/h2-6,9-10,13,17H,7-8,11H2,1H3. The topological polar surface area (TPSA) is 12.0 Å². The molecule has 0 spiro atoms. The van der Waals surface area contributed by atoms with E-state index in [-0.39, 0.29) is 0 Å². The monoisotopic (exact) mass is 279 g/mol. The van der Waals surface area contributed by atoms with Gasteiger partial charge in [-0.05, 0) is 54.9 Å². The highest BCUT2D eigenvalue weighted by molar-refractivity contribution is 7.09. The van der Waals surface area contributed by atoms with Crippen molar-refractivity contribution in [2.45, 2.75) is 18.8 Å². The van der Waals surface area contributed by atoms with Crippen LogP contribution in [0.4, 0.5) is 0 Å². The molecule has 3 heteroatoms. The molecule has 1 heterocycles. The number of halogens is 1. The van der Waals surface area contributed by atoms with E-state index < -0.39 is 0 Å². The van der Waals surface area contributed by atoms with Crippen LogP contribution in [0.25, 0.3) is 0 Å². The number of benzene rings is 1. The first-order valence-electron chi connectivity index (χ1n) is 6.22. The summed E-state index contributed by atoms with van der Waals surface area (Å²) in [6, 6.07) is 12.5. The molecule has 1 N–H and O–H groups in total. The zero-order valence-electron chi connectivity index (χ0n) is 10.5. The lowest BCUT2D eigenvalue weighted by Gasteiger charge is -2.17. The fourth-order valence-corrected chi connectivity index (χ4v) is 3.09. The number of rotatable bonds is 6. The molecule has 0 aliphatic rings. The van der Waals surface area contributed by atoms with Crippen LogP contribution >= 0.6 is 22.9 Å². The van der Waals surface area contributed by atoms with Crippen molar-refractivity contribution >= 4 is 22.9 Å². The Morgan fingerprint density at radius 2 is 2.17 bits per heavy atom. The van der Waals surface area contributed by atoms with E-state index in [4.69, 9.17) is 11.6 Å². The van der Waals surface area contributed by atoms with Crippen LogP contribution in [0.1, 0.15) is 22.8 Å². The molecule has 0 aliphatic carbocycles. The van der Waals surface area contributed by atoms with E-state index in [1.807, 2.05) is 30.5 Å². The third-order valence-electron chi connectivity index (χ3n) is 3.09. The average Bonchev–Trinajstić information content (AvgIpc) is 2.87. The van der Waals surface area contributed by atoms with Gasteiger partial charge in [-0.15, -0.1) is 11.3 Å². The Labute approximate surface area is 118 Å². The van der Waals surface area contributed by atoms with Crippen LogP contribution < -0.4 is 5.32 Å². The van der Waals surface area contributed by atoms with Gasteiger partial charge in [0.2, 0.25) is 0 Å². The molecule has 0 bridgehead atoms. The summed E-state index contributed by atoms with van der Waals surface area (Å²) in [5, 5.41) is 6.24. The Bertz CT molecular complexity index is 467. The van der Waals surface area contributed by atoms with E-state index in [1.54, 1.807) is 0 Å². The molecule has 2 aromatic rings. The van der Waals surface area contributed by atoms with E-state index in [9.17, 15) is 0 Å². The summed E-state index contributed by atoms with van der Waals surface area (Å²) in [5.41, 5.74) is 1.33. The van der Waals surface area contributed by atoms with Crippen LogP contribution in [0.2, 0.25) is 5.02 Å². The van der Waals surface area contributed by atoms with E-state index in [1.165, 1.54) is 10.4 Å². The summed E-state index contributed by atoms with van der Waals surface area (Å²) < 4.78 is 0. The van der Waals surface area contributed by atoms with E-state index >= 15 is 0 Å². The lowest BCUT2D eigenvalue weighted by molar-refractivity contribution is 0.586. The van der Waals surface area contributed by atoms with Crippen molar-refractivity contribution in [3.63, 3.8) is 0 Å². The Balaban J connectivity index is 2.03. The van der Waals surface area contributed by atoms with Crippen LogP contribution in [-0.4, -0.2) is 13.6 Å². The SMILES string of the molecule is CNCC(CCc1cccs1)c1cccc(Cl)c1. The number of hydrogen-bond acceptors (Lipinski definition) is 2. The molecule has 0 saturated heterocycles. The Morgan fingerprint density at radius 3 is 2.83 bits per heavy atom. The highest BCUT2D eigenvalue weighted by atomic mass is 35.5. The number of aryl methyl sites for hydroxylation is 1. The fourth-order valence-electron chi connectivity index (χ4n) is 2.16. The molecule has 2 rings (SSSR count). The molecule has 0 fully saturated rings. The molecule has 0 saturated carbocycles. The maximum atomic E-state index is 6.07. The Kier molecular flexibility index (Phi) is 5.24. The molecule has 1 aromatic heterocycles. The second-order valence-electron chi connectivity index (χ2n) is 4.43. The Morgan fingerprint density at radius 1 is 1.28 bits per heavy atom. The molecular weight excluding hydrogens is 262 g/mol. The zero-order chi connectivity index (χ0) is 12.8. The first-order chi connectivity index (χ1) is 8.79. The smallest absolute Gasteiger partial charge is 0.0408 e. The minimum absolute atomic E-state index is 0.524. The van der Waals surface area contributed by atoms with Gasteiger partial charge >= 0.3 is 0 Å². The summed E-state index contributed by atoms with van der Waals surface area (Å²) in [5.74, 6) is 0.524. The second-order valence-corrected chi connectivity index (χ2v) is 5.90. The molecular formula is C15H18ClNS.